The van der Waals surface area contributed by atoms with Gasteiger partial charge in [0.05, 0.1) is 6.04 Å². The Hall–Kier alpha value is -1.10. The second-order valence-corrected chi connectivity index (χ2v) is 3.68. The van der Waals surface area contributed by atoms with Crippen molar-refractivity contribution >= 4 is 11.9 Å². The van der Waals surface area contributed by atoms with Crippen molar-refractivity contribution < 1.29 is 9.59 Å². The van der Waals surface area contributed by atoms with Crippen LogP contribution >= 0.6 is 0 Å². The molecule has 0 bridgehead atoms. The molecule has 0 radical (unpaired) electrons. The summed E-state index contributed by atoms with van der Waals surface area (Å²) in [5.74, 6) is -0.111. The van der Waals surface area contributed by atoms with Crippen molar-refractivity contribution in [2.24, 2.45) is 0 Å². The van der Waals surface area contributed by atoms with E-state index in [1.54, 1.807) is 21.0 Å². The van der Waals surface area contributed by atoms with Gasteiger partial charge in [0, 0.05) is 13.6 Å². The largest absolute Gasteiger partial charge is 0.327 e. The van der Waals surface area contributed by atoms with Crippen LogP contribution in [0.5, 0.6) is 0 Å². The number of likely N-dealkylation sites (N-methyl/N-ethyl adjacent to an activating group) is 2. The van der Waals surface area contributed by atoms with Gasteiger partial charge in [-0.15, -0.1) is 0 Å². The van der Waals surface area contributed by atoms with Gasteiger partial charge in [0.25, 0.3) is 5.91 Å². The quantitative estimate of drug-likeness (QED) is 0.645. The smallest absolute Gasteiger partial charge is 0.318 e. The number of amides is 3. The molecule has 1 rings (SSSR count). The molecular weight excluding hydrogens is 182 g/mol. The molecule has 2 atom stereocenters. The summed E-state index contributed by atoms with van der Waals surface area (Å²) in [5, 5.41) is 2.95. The van der Waals surface area contributed by atoms with E-state index in [1.807, 2.05) is 6.92 Å². The first-order valence-electron chi connectivity index (χ1n) is 4.75. The van der Waals surface area contributed by atoms with Crippen molar-refractivity contribution in [3.05, 3.63) is 0 Å². The van der Waals surface area contributed by atoms with Crippen LogP contribution in [0.4, 0.5) is 4.79 Å². The van der Waals surface area contributed by atoms with Gasteiger partial charge in [-0.3, -0.25) is 9.69 Å². The van der Waals surface area contributed by atoms with E-state index < -0.39 is 0 Å². The molecular formula is C9H17N3O2. The summed E-state index contributed by atoms with van der Waals surface area (Å²) < 4.78 is 0. The van der Waals surface area contributed by atoms with Crippen LogP contribution in [0.3, 0.4) is 0 Å². The summed E-state index contributed by atoms with van der Waals surface area (Å²) in [6.07, 6.45) is 0. The number of imide groups is 1. The molecule has 2 unspecified atom stereocenters. The van der Waals surface area contributed by atoms with Crippen molar-refractivity contribution in [2.75, 3.05) is 20.6 Å². The standard InChI is InChI=1S/C9H17N3O2/c1-6(5-10-3)12-8(13)7(2)11(4)9(12)14/h6-7,10H,5H2,1-4H3. The zero-order chi connectivity index (χ0) is 10.9. The fraction of sp³-hybridized carbons (Fsp3) is 0.778. The van der Waals surface area contributed by atoms with E-state index >= 15 is 0 Å². The number of nitrogens with zero attached hydrogens (tertiary/aromatic N) is 2. The van der Waals surface area contributed by atoms with Crippen LogP contribution in [0.2, 0.25) is 0 Å². The molecule has 1 heterocycles. The molecule has 0 saturated carbocycles. The Kier molecular flexibility index (Phi) is 3.10. The zero-order valence-corrected chi connectivity index (χ0v) is 9.07. The molecule has 0 aliphatic carbocycles. The van der Waals surface area contributed by atoms with E-state index in [2.05, 4.69) is 5.32 Å². The van der Waals surface area contributed by atoms with E-state index in [0.717, 1.165) is 0 Å². The van der Waals surface area contributed by atoms with Crippen molar-refractivity contribution in [2.45, 2.75) is 25.9 Å². The maximum absolute atomic E-state index is 11.7. The Morgan fingerprint density at radius 1 is 1.50 bits per heavy atom. The lowest BCUT2D eigenvalue weighted by atomic mass is 10.2. The lowest BCUT2D eigenvalue weighted by Crippen LogP contribution is -2.44. The molecule has 1 aliphatic heterocycles. The van der Waals surface area contributed by atoms with Crippen LogP contribution in [-0.4, -0.2) is 54.5 Å². The fourth-order valence-corrected chi connectivity index (χ4v) is 1.59. The molecule has 0 aromatic rings. The molecule has 1 N–H and O–H groups in total. The lowest BCUT2D eigenvalue weighted by molar-refractivity contribution is -0.129. The lowest BCUT2D eigenvalue weighted by Gasteiger charge is -2.21. The predicted molar refractivity (Wildman–Crippen MR) is 52.9 cm³/mol. The molecule has 0 aromatic carbocycles. The predicted octanol–water partition coefficient (Wildman–Crippen LogP) is -0.123. The minimum Gasteiger partial charge on any atom is -0.318 e. The van der Waals surface area contributed by atoms with Crippen molar-refractivity contribution in [3.63, 3.8) is 0 Å². The normalized spacial score (nSPS) is 24.7. The van der Waals surface area contributed by atoms with E-state index in [4.69, 9.17) is 0 Å². The number of hydrogen-bond acceptors (Lipinski definition) is 3. The van der Waals surface area contributed by atoms with Gasteiger partial charge in [0.2, 0.25) is 0 Å². The summed E-state index contributed by atoms with van der Waals surface area (Å²) >= 11 is 0. The highest BCUT2D eigenvalue weighted by molar-refractivity contribution is 6.04. The van der Waals surface area contributed by atoms with Crippen molar-refractivity contribution in [3.8, 4) is 0 Å². The Bertz CT molecular complexity index is 234. The molecule has 0 spiro atoms. The van der Waals surface area contributed by atoms with Crippen LogP contribution in [0.1, 0.15) is 13.8 Å². The van der Waals surface area contributed by atoms with Crippen molar-refractivity contribution in [1.82, 2.24) is 15.1 Å². The van der Waals surface area contributed by atoms with Gasteiger partial charge < -0.3 is 10.2 Å². The summed E-state index contributed by atoms with van der Waals surface area (Å²) in [6.45, 7) is 4.22. The summed E-state index contributed by atoms with van der Waals surface area (Å²) in [6, 6.07) is -0.626. The average molecular weight is 199 g/mol. The van der Waals surface area contributed by atoms with Gasteiger partial charge in [0.1, 0.15) is 6.04 Å². The van der Waals surface area contributed by atoms with Crippen molar-refractivity contribution in [1.29, 1.82) is 0 Å². The number of urea groups is 1. The monoisotopic (exact) mass is 199 g/mol. The SMILES string of the molecule is CNCC(C)N1C(=O)C(C)N(C)C1=O. The average Bonchev–Trinajstić information content (AvgIpc) is 2.32. The van der Waals surface area contributed by atoms with E-state index in [1.165, 1.54) is 9.80 Å². The van der Waals surface area contributed by atoms with Gasteiger partial charge in [0.15, 0.2) is 0 Å². The first-order chi connectivity index (χ1) is 6.50. The summed E-state index contributed by atoms with van der Waals surface area (Å²) in [4.78, 5) is 26.1. The minimum atomic E-state index is -0.332. The third-order valence-electron chi connectivity index (χ3n) is 2.62. The molecule has 0 aromatic heterocycles. The Balaban J connectivity index is 2.79. The highest BCUT2D eigenvalue weighted by atomic mass is 16.2. The molecule has 1 saturated heterocycles. The number of carbonyl (C=O) groups is 2. The Morgan fingerprint density at radius 2 is 2.07 bits per heavy atom. The third-order valence-corrected chi connectivity index (χ3v) is 2.62. The highest BCUT2D eigenvalue weighted by Crippen LogP contribution is 2.17. The second-order valence-electron chi connectivity index (χ2n) is 3.68. The maximum Gasteiger partial charge on any atom is 0.327 e. The topological polar surface area (TPSA) is 52.7 Å². The first kappa shape index (κ1) is 11.0. The maximum atomic E-state index is 11.7. The van der Waals surface area contributed by atoms with Gasteiger partial charge in [-0.1, -0.05) is 0 Å². The Morgan fingerprint density at radius 3 is 2.43 bits per heavy atom. The second kappa shape index (κ2) is 3.96. The number of nitrogens with one attached hydrogen (secondary N) is 1. The van der Waals surface area contributed by atoms with Crippen LogP contribution in [0.25, 0.3) is 0 Å². The third kappa shape index (κ3) is 1.59. The van der Waals surface area contributed by atoms with E-state index in [9.17, 15) is 9.59 Å². The van der Waals surface area contributed by atoms with Gasteiger partial charge in [-0.25, -0.2) is 4.79 Å². The van der Waals surface area contributed by atoms with Gasteiger partial charge in [-0.2, -0.15) is 0 Å². The molecule has 1 fully saturated rings. The summed E-state index contributed by atoms with van der Waals surface area (Å²) in [7, 11) is 3.45. The number of rotatable bonds is 3. The van der Waals surface area contributed by atoms with E-state index in [0.29, 0.717) is 6.54 Å². The minimum absolute atomic E-state index is 0.0904. The number of hydrogen-bond donors (Lipinski definition) is 1. The molecule has 5 heteroatoms. The molecule has 80 valence electrons. The Labute approximate surface area is 84.0 Å². The highest BCUT2D eigenvalue weighted by Gasteiger charge is 2.42. The summed E-state index contributed by atoms with van der Waals surface area (Å²) in [5.41, 5.74) is 0. The molecule has 3 amide bonds. The first-order valence-corrected chi connectivity index (χ1v) is 4.75. The molecule has 5 nitrogen and oxygen atoms in total. The van der Waals surface area contributed by atoms with Gasteiger partial charge in [-0.05, 0) is 20.9 Å². The molecule has 1 aliphatic rings. The zero-order valence-electron chi connectivity index (χ0n) is 9.07. The molecule has 14 heavy (non-hydrogen) atoms. The van der Waals surface area contributed by atoms with Crippen LogP contribution in [-0.2, 0) is 4.79 Å². The van der Waals surface area contributed by atoms with Crippen LogP contribution in [0.15, 0.2) is 0 Å². The van der Waals surface area contributed by atoms with E-state index in [-0.39, 0.29) is 24.0 Å². The fourth-order valence-electron chi connectivity index (χ4n) is 1.59. The van der Waals surface area contributed by atoms with Gasteiger partial charge >= 0.3 is 6.03 Å². The van der Waals surface area contributed by atoms with Crippen LogP contribution in [0, 0.1) is 0 Å². The number of carbonyl (C=O) groups excluding carboxylic acids is 2. The van der Waals surface area contributed by atoms with Crippen LogP contribution < -0.4 is 5.32 Å².